The Morgan fingerprint density at radius 2 is 2.00 bits per heavy atom. The number of hydrogen-bond donors (Lipinski definition) is 1. The fourth-order valence-corrected chi connectivity index (χ4v) is 1.91. The molecule has 0 aromatic heterocycles. The van der Waals surface area contributed by atoms with Gasteiger partial charge in [0.25, 0.3) is 0 Å². The van der Waals surface area contributed by atoms with E-state index in [1.165, 1.54) is 24.8 Å². The lowest BCUT2D eigenvalue weighted by molar-refractivity contribution is 0.540. The van der Waals surface area contributed by atoms with E-state index in [2.05, 4.69) is 24.4 Å². The van der Waals surface area contributed by atoms with Gasteiger partial charge in [-0.1, -0.05) is 36.6 Å². The maximum Gasteiger partial charge on any atom is 0.0406 e. The van der Waals surface area contributed by atoms with Gasteiger partial charge in [0.15, 0.2) is 0 Å². The number of nitrogens with one attached hydrogen (secondary N) is 1. The zero-order valence-electron chi connectivity index (χ0n) is 9.17. The third-order valence-electron chi connectivity index (χ3n) is 3.07. The Labute approximate surface area is 96.8 Å². The van der Waals surface area contributed by atoms with Gasteiger partial charge in [-0.05, 0) is 43.5 Å². The third-order valence-corrected chi connectivity index (χ3v) is 3.32. The molecule has 1 aliphatic rings. The highest BCUT2D eigenvalue weighted by Crippen LogP contribution is 2.31. The van der Waals surface area contributed by atoms with Gasteiger partial charge in [0, 0.05) is 11.1 Å². The molecule has 1 aromatic rings. The van der Waals surface area contributed by atoms with Crippen molar-refractivity contribution in [3.8, 4) is 0 Å². The van der Waals surface area contributed by atoms with Crippen LogP contribution >= 0.6 is 11.6 Å². The van der Waals surface area contributed by atoms with Crippen LogP contribution in [-0.2, 0) is 0 Å². The first-order chi connectivity index (χ1) is 7.25. The largest absolute Gasteiger partial charge is 0.310 e. The molecule has 1 saturated carbocycles. The van der Waals surface area contributed by atoms with Crippen molar-refractivity contribution in [2.24, 2.45) is 5.92 Å². The number of benzene rings is 1. The maximum absolute atomic E-state index is 5.85. The predicted octanol–water partition coefficient (Wildman–Crippen LogP) is 3.79. The van der Waals surface area contributed by atoms with Crippen LogP contribution in [-0.4, -0.2) is 6.54 Å². The molecule has 1 nitrogen and oxygen atoms in total. The highest BCUT2D eigenvalue weighted by atomic mass is 35.5. The van der Waals surface area contributed by atoms with Gasteiger partial charge in [0.2, 0.25) is 0 Å². The minimum absolute atomic E-state index is 0.431. The van der Waals surface area contributed by atoms with Crippen molar-refractivity contribution in [2.45, 2.75) is 32.2 Å². The van der Waals surface area contributed by atoms with Crippen LogP contribution in [0.5, 0.6) is 0 Å². The molecule has 2 heteroatoms. The molecule has 0 spiro atoms. The molecule has 0 saturated heterocycles. The second kappa shape index (κ2) is 5.00. The van der Waals surface area contributed by atoms with E-state index in [0.717, 1.165) is 17.5 Å². The van der Waals surface area contributed by atoms with Crippen molar-refractivity contribution < 1.29 is 0 Å². The lowest BCUT2D eigenvalue weighted by atomic mass is 10.1. The maximum atomic E-state index is 5.85. The van der Waals surface area contributed by atoms with Gasteiger partial charge in [0.05, 0.1) is 0 Å². The molecule has 1 aliphatic carbocycles. The Kier molecular flexibility index (Phi) is 3.66. The SMILES string of the molecule is C[C@H](NCCC1CC1)c1ccc(Cl)cc1. The third kappa shape index (κ3) is 3.51. The second-order valence-electron chi connectivity index (χ2n) is 4.46. The monoisotopic (exact) mass is 223 g/mol. The molecule has 1 N–H and O–H groups in total. The van der Waals surface area contributed by atoms with Crippen LogP contribution in [0.2, 0.25) is 5.02 Å². The average molecular weight is 224 g/mol. The Hall–Kier alpha value is -0.530. The van der Waals surface area contributed by atoms with Gasteiger partial charge in [-0.15, -0.1) is 0 Å². The molecule has 82 valence electrons. The van der Waals surface area contributed by atoms with Gasteiger partial charge in [-0.2, -0.15) is 0 Å². The molecular formula is C13H18ClN. The van der Waals surface area contributed by atoms with E-state index in [4.69, 9.17) is 11.6 Å². The minimum atomic E-state index is 0.431. The molecule has 15 heavy (non-hydrogen) atoms. The topological polar surface area (TPSA) is 12.0 Å². The van der Waals surface area contributed by atoms with Gasteiger partial charge < -0.3 is 5.32 Å². The lowest BCUT2D eigenvalue weighted by Gasteiger charge is -2.14. The molecule has 1 aromatic carbocycles. The molecular weight excluding hydrogens is 206 g/mol. The van der Waals surface area contributed by atoms with E-state index < -0.39 is 0 Å². The molecule has 1 fully saturated rings. The van der Waals surface area contributed by atoms with E-state index in [9.17, 15) is 0 Å². The fraction of sp³-hybridized carbons (Fsp3) is 0.538. The zero-order chi connectivity index (χ0) is 10.7. The highest BCUT2D eigenvalue weighted by Gasteiger charge is 2.20. The summed E-state index contributed by atoms with van der Waals surface area (Å²) in [6.07, 6.45) is 4.21. The molecule has 2 rings (SSSR count). The first-order valence-electron chi connectivity index (χ1n) is 5.74. The number of hydrogen-bond acceptors (Lipinski definition) is 1. The summed E-state index contributed by atoms with van der Waals surface area (Å²) in [5, 5.41) is 4.36. The van der Waals surface area contributed by atoms with Crippen LogP contribution in [0.4, 0.5) is 0 Å². The van der Waals surface area contributed by atoms with Gasteiger partial charge in [-0.3, -0.25) is 0 Å². The van der Waals surface area contributed by atoms with Crippen LogP contribution in [0.15, 0.2) is 24.3 Å². The Bertz CT molecular complexity index is 303. The highest BCUT2D eigenvalue weighted by molar-refractivity contribution is 6.30. The summed E-state index contributed by atoms with van der Waals surface area (Å²) in [6.45, 7) is 3.34. The van der Waals surface area contributed by atoms with Crippen molar-refractivity contribution >= 4 is 11.6 Å². The van der Waals surface area contributed by atoms with Crippen molar-refractivity contribution in [1.82, 2.24) is 5.32 Å². The molecule has 0 bridgehead atoms. The fourth-order valence-electron chi connectivity index (χ4n) is 1.78. The standard InChI is InChI=1S/C13H18ClN/c1-10(15-9-8-11-2-3-11)12-4-6-13(14)7-5-12/h4-7,10-11,15H,2-3,8-9H2,1H3/t10-/m0/s1. The predicted molar refractivity (Wildman–Crippen MR) is 65.2 cm³/mol. The lowest BCUT2D eigenvalue weighted by Crippen LogP contribution is -2.20. The average Bonchev–Trinajstić information content (AvgIpc) is 3.02. The van der Waals surface area contributed by atoms with Crippen molar-refractivity contribution in [2.75, 3.05) is 6.54 Å². The molecule has 0 amide bonds. The molecule has 0 unspecified atom stereocenters. The van der Waals surface area contributed by atoms with Gasteiger partial charge in [-0.25, -0.2) is 0 Å². The van der Waals surface area contributed by atoms with Crippen LogP contribution in [0, 0.1) is 5.92 Å². The van der Waals surface area contributed by atoms with Crippen LogP contribution in [0.25, 0.3) is 0 Å². The van der Waals surface area contributed by atoms with Gasteiger partial charge >= 0.3 is 0 Å². The summed E-state index contributed by atoms with van der Waals surface area (Å²) in [5.41, 5.74) is 1.31. The van der Waals surface area contributed by atoms with Crippen molar-refractivity contribution in [3.63, 3.8) is 0 Å². The second-order valence-corrected chi connectivity index (χ2v) is 4.90. The summed E-state index contributed by atoms with van der Waals surface area (Å²) in [7, 11) is 0. The van der Waals surface area contributed by atoms with Crippen LogP contribution < -0.4 is 5.32 Å². The van der Waals surface area contributed by atoms with Crippen molar-refractivity contribution in [3.05, 3.63) is 34.9 Å². The van der Waals surface area contributed by atoms with Crippen LogP contribution in [0.3, 0.4) is 0 Å². The van der Waals surface area contributed by atoms with Crippen LogP contribution in [0.1, 0.15) is 37.8 Å². The van der Waals surface area contributed by atoms with E-state index >= 15 is 0 Å². The Balaban J connectivity index is 1.78. The van der Waals surface area contributed by atoms with E-state index in [1.54, 1.807) is 0 Å². The molecule has 0 heterocycles. The zero-order valence-corrected chi connectivity index (χ0v) is 9.93. The van der Waals surface area contributed by atoms with Gasteiger partial charge in [0.1, 0.15) is 0 Å². The Morgan fingerprint density at radius 1 is 1.33 bits per heavy atom. The summed E-state index contributed by atoms with van der Waals surface area (Å²) in [6, 6.07) is 8.53. The summed E-state index contributed by atoms with van der Waals surface area (Å²) >= 11 is 5.85. The quantitative estimate of drug-likeness (QED) is 0.801. The smallest absolute Gasteiger partial charge is 0.0406 e. The Morgan fingerprint density at radius 3 is 2.60 bits per heavy atom. The molecule has 0 radical (unpaired) electrons. The summed E-state index contributed by atoms with van der Waals surface area (Å²) in [4.78, 5) is 0. The summed E-state index contributed by atoms with van der Waals surface area (Å²) in [5.74, 6) is 1.01. The number of halogens is 1. The van der Waals surface area contributed by atoms with E-state index in [-0.39, 0.29) is 0 Å². The summed E-state index contributed by atoms with van der Waals surface area (Å²) < 4.78 is 0. The van der Waals surface area contributed by atoms with E-state index in [1.807, 2.05) is 12.1 Å². The molecule has 0 aliphatic heterocycles. The first kappa shape index (κ1) is 11.0. The minimum Gasteiger partial charge on any atom is -0.310 e. The van der Waals surface area contributed by atoms with E-state index in [0.29, 0.717) is 6.04 Å². The normalized spacial score (nSPS) is 17.7. The van der Waals surface area contributed by atoms with Crippen molar-refractivity contribution in [1.29, 1.82) is 0 Å². The number of rotatable bonds is 5. The first-order valence-corrected chi connectivity index (χ1v) is 6.12. The molecule has 1 atom stereocenters.